The fourth-order valence-corrected chi connectivity index (χ4v) is 9.27. The molecule has 57 heavy (non-hydrogen) atoms. The summed E-state index contributed by atoms with van der Waals surface area (Å²) in [4.78, 5) is 61.4. The molecule has 2 aromatic heterocycles. The molecule has 2 aliphatic heterocycles. The zero-order chi connectivity index (χ0) is 40.1. The quantitative estimate of drug-likeness (QED) is 0.211. The van der Waals surface area contributed by atoms with Gasteiger partial charge in [-0.15, -0.1) is 0 Å². The number of nitrogens with one attached hydrogen (secondary N) is 3. The zero-order valence-corrected chi connectivity index (χ0v) is 32.4. The van der Waals surface area contributed by atoms with Crippen molar-refractivity contribution in [3.8, 4) is 17.0 Å². The summed E-state index contributed by atoms with van der Waals surface area (Å²) in [5.74, 6) is -2.60. The van der Waals surface area contributed by atoms with Crippen LogP contribution in [0.4, 0.5) is 9.18 Å². The van der Waals surface area contributed by atoms with E-state index in [1.165, 1.54) is 24.1 Å². The Morgan fingerprint density at radius 2 is 1.84 bits per heavy atom. The van der Waals surface area contributed by atoms with Gasteiger partial charge >= 0.3 is 6.09 Å². The van der Waals surface area contributed by atoms with Crippen molar-refractivity contribution in [1.82, 2.24) is 25.2 Å². The van der Waals surface area contributed by atoms with Crippen LogP contribution in [0, 0.1) is 18.7 Å². The molecule has 0 radical (unpaired) electrons. The van der Waals surface area contributed by atoms with E-state index in [1.807, 2.05) is 37.3 Å². The van der Waals surface area contributed by atoms with Crippen molar-refractivity contribution in [1.29, 1.82) is 0 Å². The summed E-state index contributed by atoms with van der Waals surface area (Å²) >= 11 is 0. The molecule has 5 atom stereocenters. The van der Waals surface area contributed by atoms with E-state index in [4.69, 9.17) is 18.9 Å². The maximum absolute atomic E-state index is 14.5. The Labute approximate surface area is 328 Å². The fourth-order valence-electron chi connectivity index (χ4n) is 7.90. The number of hydrogen-bond donors (Lipinski definition) is 3. The molecule has 4 aliphatic rings. The minimum absolute atomic E-state index is 0.0177. The Morgan fingerprint density at radius 1 is 1.05 bits per heavy atom. The summed E-state index contributed by atoms with van der Waals surface area (Å²) in [6.45, 7) is 1.87. The van der Waals surface area contributed by atoms with Crippen LogP contribution in [0.3, 0.4) is 0 Å². The van der Waals surface area contributed by atoms with Crippen LogP contribution in [-0.2, 0) is 29.1 Å². The zero-order valence-electron chi connectivity index (χ0n) is 31.6. The van der Waals surface area contributed by atoms with E-state index >= 15 is 0 Å². The summed E-state index contributed by atoms with van der Waals surface area (Å²) in [6, 6.07) is 11.0. The smallest absolute Gasteiger partial charge is 0.407 e. The first-order chi connectivity index (χ1) is 27.3. The maximum Gasteiger partial charge on any atom is 0.407 e. The first-order valence-corrected chi connectivity index (χ1v) is 20.9. The second-order valence-electron chi connectivity index (χ2n) is 15.5. The number of nitrogens with zero attached hydrogens (tertiary/aromatic N) is 2. The number of methoxy groups -OCH3 is 1. The molecule has 3 N–H and O–H groups in total. The van der Waals surface area contributed by atoms with Gasteiger partial charge in [0, 0.05) is 29.4 Å². The van der Waals surface area contributed by atoms with Gasteiger partial charge in [-0.3, -0.25) is 19.1 Å². The highest BCUT2D eigenvalue weighted by molar-refractivity contribution is 7.91. The molecule has 300 valence electrons. The van der Waals surface area contributed by atoms with Gasteiger partial charge < -0.3 is 29.4 Å². The predicted molar refractivity (Wildman–Crippen MR) is 207 cm³/mol. The molecule has 3 fully saturated rings. The summed E-state index contributed by atoms with van der Waals surface area (Å²) in [7, 11) is -2.72. The Kier molecular flexibility index (Phi) is 10.2. The number of allylic oxidation sites excluding steroid dienone is 1. The van der Waals surface area contributed by atoms with E-state index in [0.29, 0.717) is 53.6 Å². The molecule has 0 spiro atoms. The third-order valence-electron chi connectivity index (χ3n) is 11.3. The molecular formula is C41H44FN5O9S. The van der Waals surface area contributed by atoms with Crippen molar-refractivity contribution in [3.05, 3.63) is 72.1 Å². The number of benzene rings is 2. The van der Waals surface area contributed by atoms with Crippen LogP contribution >= 0.6 is 0 Å². The first-order valence-electron chi connectivity index (χ1n) is 19.3. The summed E-state index contributed by atoms with van der Waals surface area (Å²) < 4.78 is 59.7. The Morgan fingerprint density at radius 3 is 2.60 bits per heavy atom. The van der Waals surface area contributed by atoms with E-state index < -0.39 is 74.5 Å². The predicted octanol–water partition coefficient (Wildman–Crippen LogP) is 5.17. The lowest BCUT2D eigenvalue weighted by molar-refractivity contribution is -0.141. The van der Waals surface area contributed by atoms with Gasteiger partial charge in [0.15, 0.2) is 11.3 Å². The summed E-state index contributed by atoms with van der Waals surface area (Å²) in [6.07, 6.45) is 6.32. The Hall–Kier alpha value is -5.51. The van der Waals surface area contributed by atoms with Crippen LogP contribution in [0.2, 0.25) is 0 Å². The monoisotopic (exact) mass is 801 g/mol. The SMILES string of the molecule is COC(=O)N[C@H]1CCCCC/C=C\[C@H]2C[C@@]2(C(=O)NS(=O)(=O)C2CC2)NC(=O)[C@@H]2C[C@@H](Oc3cc(-c4ccc(F)cc4)nc4c3oc3ccc(C)cc34)CN2C1=O. The number of furan rings is 1. The van der Waals surface area contributed by atoms with Crippen molar-refractivity contribution in [2.75, 3.05) is 13.7 Å². The number of aryl methyl sites for hydroxylation is 1. The third kappa shape index (κ3) is 7.78. The number of carbonyl (C=O) groups excluding carboxylic acids is 4. The molecule has 0 bridgehead atoms. The van der Waals surface area contributed by atoms with E-state index in [-0.39, 0.29) is 31.6 Å². The lowest BCUT2D eigenvalue weighted by Gasteiger charge is -2.29. The molecule has 0 unspecified atom stereocenters. The lowest BCUT2D eigenvalue weighted by Crippen LogP contribution is -2.58. The highest BCUT2D eigenvalue weighted by Crippen LogP contribution is 2.46. The minimum atomic E-state index is -3.92. The van der Waals surface area contributed by atoms with E-state index in [0.717, 1.165) is 23.8 Å². The van der Waals surface area contributed by atoms with Crippen LogP contribution < -0.4 is 20.1 Å². The minimum Gasteiger partial charge on any atom is -0.484 e. The topological polar surface area (TPSA) is 186 Å². The van der Waals surface area contributed by atoms with Gasteiger partial charge in [0.05, 0.1) is 24.6 Å². The number of carbonyl (C=O) groups is 4. The molecule has 4 aromatic rings. The molecule has 2 aliphatic carbocycles. The van der Waals surface area contributed by atoms with Crippen molar-refractivity contribution in [3.63, 3.8) is 0 Å². The molecule has 4 heterocycles. The van der Waals surface area contributed by atoms with Crippen LogP contribution in [0.15, 0.2) is 65.1 Å². The number of rotatable bonds is 7. The number of sulfonamides is 1. The van der Waals surface area contributed by atoms with Crippen molar-refractivity contribution < 1.29 is 45.9 Å². The van der Waals surface area contributed by atoms with Gasteiger partial charge in [-0.25, -0.2) is 22.6 Å². The van der Waals surface area contributed by atoms with Gasteiger partial charge in [0.25, 0.3) is 5.91 Å². The largest absolute Gasteiger partial charge is 0.484 e. The van der Waals surface area contributed by atoms with Gasteiger partial charge in [-0.1, -0.05) is 36.6 Å². The third-order valence-corrected chi connectivity index (χ3v) is 13.1. The highest BCUT2D eigenvalue weighted by Gasteiger charge is 2.62. The molecule has 2 aromatic carbocycles. The van der Waals surface area contributed by atoms with Crippen LogP contribution in [-0.4, -0.2) is 84.7 Å². The van der Waals surface area contributed by atoms with Gasteiger partial charge in [-0.05, 0) is 81.8 Å². The lowest BCUT2D eigenvalue weighted by atomic mass is 10.1. The molecule has 4 amide bonds. The Bertz CT molecular complexity index is 2400. The van der Waals surface area contributed by atoms with Crippen LogP contribution in [0.5, 0.6) is 5.75 Å². The van der Waals surface area contributed by atoms with E-state index in [9.17, 15) is 32.0 Å². The van der Waals surface area contributed by atoms with Gasteiger partial charge in [-0.2, -0.15) is 0 Å². The number of amides is 4. The second kappa shape index (κ2) is 15.1. The number of aromatic nitrogens is 1. The Balaban J connectivity index is 1.15. The number of hydrogen-bond acceptors (Lipinski definition) is 10. The standard InChI is InChI=1S/C41H44FN5O9S/c1-23-10-17-33-29(18-23)35-36(56-33)34(20-31(43-35)24-11-13-26(42)14-12-24)55-27-19-32-37(48)45-41(39(50)46-57(52,53)28-15-16-28)21-25(41)8-6-4-3-5-7-9-30(44-40(51)54-2)38(49)47(32)22-27/h6,8,10-14,17-18,20,25,27-28,30,32H,3-5,7,9,15-16,19,21-22H2,1-2H3,(H,44,51)(H,45,48)(H,46,50)/b8-6-/t25-,27+,30-,32-,41+/m0/s1. The average Bonchev–Trinajstić information content (AvgIpc) is 4.09. The van der Waals surface area contributed by atoms with Crippen molar-refractivity contribution >= 4 is 55.9 Å². The number of alkyl carbamates (subject to hydrolysis) is 1. The fraction of sp³-hybridized carbons (Fsp3) is 0.439. The molecular weight excluding hydrogens is 758 g/mol. The second-order valence-corrected chi connectivity index (χ2v) is 17.4. The molecule has 14 nitrogen and oxygen atoms in total. The van der Waals surface area contributed by atoms with Gasteiger partial charge in [0.2, 0.25) is 21.8 Å². The summed E-state index contributed by atoms with van der Waals surface area (Å²) in [5, 5.41) is 5.59. The first kappa shape index (κ1) is 38.4. The van der Waals surface area contributed by atoms with Crippen molar-refractivity contribution in [2.24, 2.45) is 5.92 Å². The highest BCUT2D eigenvalue weighted by atomic mass is 32.2. The molecule has 1 saturated heterocycles. The number of pyridine rings is 1. The number of ether oxygens (including phenoxy) is 2. The van der Waals surface area contributed by atoms with Crippen LogP contribution in [0.25, 0.3) is 33.3 Å². The van der Waals surface area contributed by atoms with E-state index in [1.54, 1.807) is 18.2 Å². The molecule has 2 saturated carbocycles. The molecule has 8 rings (SSSR count). The number of fused-ring (bicyclic) bond motifs is 5. The van der Waals surface area contributed by atoms with Crippen LogP contribution in [0.1, 0.15) is 63.4 Å². The summed E-state index contributed by atoms with van der Waals surface area (Å²) in [5.41, 5.74) is 1.95. The molecule has 16 heteroatoms. The maximum atomic E-state index is 14.5. The van der Waals surface area contributed by atoms with E-state index in [2.05, 4.69) is 15.4 Å². The van der Waals surface area contributed by atoms with Crippen molar-refractivity contribution in [2.45, 2.75) is 93.7 Å². The normalized spacial score (nSPS) is 26.1. The number of halogens is 1. The average molecular weight is 802 g/mol. The van der Waals surface area contributed by atoms with Gasteiger partial charge in [0.1, 0.15) is 40.6 Å².